The highest BCUT2D eigenvalue weighted by Gasteiger charge is 2.50. The summed E-state index contributed by atoms with van der Waals surface area (Å²) in [5.74, 6) is -1.70. The molecule has 2 aliphatic rings. The summed E-state index contributed by atoms with van der Waals surface area (Å²) in [6, 6.07) is 3.20. The van der Waals surface area contributed by atoms with E-state index >= 15 is 0 Å². The second-order valence-electron chi connectivity index (χ2n) is 9.83. The van der Waals surface area contributed by atoms with Crippen molar-refractivity contribution in [2.75, 3.05) is 31.1 Å². The molecule has 1 spiro atoms. The topological polar surface area (TPSA) is 23.6 Å². The van der Waals surface area contributed by atoms with E-state index in [0.29, 0.717) is 35.2 Å². The van der Waals surface area contributed by atoms with E-state index in [-0.39, 0.29) is 37.2 Å². The highest BCUT2D eigenvalue weighted by Crippen LogP contribution is 2.50. The lowest BCUT2D eigenvalue weighted by Gasteiger charge is -2.40. The van der Waals surface area contributed by atoms with Crippen molar-refractivity contribution in [2.45, 2.75) is 49.4 Å². The lowest BCUT2D eigenvalue weighted by molar-refractivity contribution is -0.144. The number of rotatable bonds is 3. The molecule has 0 unspecified atom stereocenters. The van der Waals surface area contributed by atoms with E-state index in [0.717, 1.165) is 6.07 Å². The number of piperidine rings is 1. The quantitative estimate of drug-likeness (QED) is 0.342. The van der Waals surface area contributed by atoms with Gasteiger partial charge < -0.3 is 9.80 Å². The van der Waals surface area contributed by atoms with Crippen LogP contribution in [0.1, 0.15) is 51.9 Å². The van der Waals surface area contributed by atoms with Gasteiger partial charge in [-0.05, 0) is 61.8 Å². The lowest BCUT2D eigenvalue weighted by atomic mass is 9.74. The number of carbonyl (C=O) groups excluding carboxylic acids is 1. The van der Waals surface area contributed by atoms with Gasteiger partial charge in [0, 0.05) is 24.2 Å². The second-order valence-corrected chi connectivity index (χ2v) is 9.83. The van der Waals surface area contributed by atoms with Gasteiger partial charge in [0.15, 0.2) is 0 Å². The summed E-state index contributed by atoms with van der Waals surface area (Å²) in [6.07, 6.45) is -21.3. The molecule has 0 N–H and O–H groups in total. The fourth-order valence-corrected chi connectivity index (χ4v) is 5.33. The van der Waals surface area contributed by atoms with Crippen LogP contribution >= 0.6 is 0 Å². The highest BCUT2D eigenvalue weighted by atomic mass is 19.4. The predicted molar refractivity (Wildman–Crippen MR) is 118 cm³/mol. The fourth-order valence-electron chi connectivity index (χ4n) is 5.33. The Morgan fingerprint density at radius 2 is 1.32 bits per heavy atom. The van der Waals surface area contributed by atoms with E-state index in [9.17, 15) is 57.5 Å². The Balaban J connectivity index is 1.78. The van der Waals surface area contributed by atoms with E-state index in [1.54, 1.807) is 0 Å². The van der Waals surface area contributed by atoms with E-state index in [4.69, 9.17) is 0 Å². The number of nitrogens with zero attached hydrogens (tertiary/aromatic N) is 2. The van der Waals surface area contributed by atoms with E-state index in [1.165, 1.54) is 4.90 Å². The molecule has 40 heavy (non-hydrogen) atoms. The fraction of sp³-hybridized carbons (Fsp3) is 0.480. The largest absolute Gasteiger partial charge is 0.417 e. The molecule has 1 fully saturated rings. The molecule has 220 valence electrons. The van der Waals surface area contributed by atoms with E-state index in [2.05, 4.69) is 0 Å². The molecule has 2 heterocycles. The number of likely N-dealkylation sites (tertiary alicyclic amines) is 1. The summed E-state index contributed by atoms with van der Waals surface area (Å²) in [7, 11) is 0. The lowest BCUT2D eigenvalue weighted by Crippen LogP contribution is -2.47. The maximum Gasteiger partial charge on any atom is 0.417 e. The predicted octanol–water partition coefficient (Wildman–Crippen LogP) is 7.69. The maximum atomic E-state index is 13.7. The van der Waals surface area contributed by atoms with Gasteiger partial charge in [0.05, 0.1) is 28.7 Å². The Bertz CT molecular complexity index is 1240. The van der Waals surface area contributed by atoms with Crippen LogP contribution in [0.2, 0.25) is 0 Å². The minimum absolute atomic E-state index is 0.0409. The zero-order valence-corrected chi connectivity index (χ0v) is 20.3. The van der Waals surface area contributed by atoms with Crippen molar-refractivity contribution in [1.82, 2.24) is 4.90 Å². The zero-order chi connectivity index (χ0) is 29.9. The molecule has 2 aromatic rings. The molecular weight excluding hydrogens is 572 g/mol. The van der Waals surface area contributed by atoms with Crippen molar-refractivity contribution in [3.63, 3.8) is 0 Å². The van der Waals surface area contributed by atoms with Crippen molar-refractivity contribution in [1.29, 1.82) is 0 Å². The van der Waals surface area contributed by atoms with Gasteiger partial charge in [0.25, 0.3) is 5.91 Å². The SMILES string of the molecule is O=C(c1c(C(F)(F)F)cccc1C(F)(F)F)N1CC2(CCN(CCC(F)(F)F)CC2)c2cc(C(F)(F)F)ccc21. The molecule has 0 saturated carbocycles. The number of hydrogen-bond donors (Lipinski definition) is 0. The van der Waals surface area contributed by atoms with Gasteiger partial charge in [-0.3, -0.25) is 4.79 Å². The molecule has 0 atom stereocenters. The summed E-state index contributed by atoms with van der Waals surface area (Å²) in [5.41, 5.74) is -8.27. The minimum Gasteiger partial charge on any atom is -0.307 e. The van der Waals surface area contributed by atoms with Crippen LogP contribution in [0, 0.1) is 0 Å². The number of anilines is 1. The number of fused-ring (bicyclic) bond motifs is 2. The van der Waals surface area contributed by atoms with Crippen molar-refractivity contribution >= 4 is 11.6 Å². The van der Waals surface area contributed by atoms with Crippen LogP contribution in [0.15, 0.2) is 36.4 Å². The van der Waals surface area contributed by atoms with Gasteiger partial charge >= 0.3 is 24.7 Å². The van der Waals surface area contributed by atoms with Crippen molar-refractivity contribution < 1.29 is 57.5 Å². The number of alkyl halides is 12. The van der Waals surface area contributed by atoms with Gasteiger partial charge in [-0.1, -0.05) is 6.07 Å². The third-order valence-electron chi connectivity index (χ3n) is 7.31. The summed E-state index contributed by atoms with van der Waals surface area (Å²) < 4.78 is 161. The molecule has 1 saturated heterocycles. The Morgan fingerprint density at radius 1 is 0.775 bits per heavy atom. The van der Waals surface area contributed by atoms with Crippen LogP contribution < -0.4 is 4.90 Å². The van der Waals surface area contributed by atoms with E-state index in [1.807, 2.05) is 0 Å². The number of halogens is 12. The smallest absolute Gasteiger partial charge is 0.307 e. The van der Waals surface area contributed by atoms with Crippen LogP contribution in [0.3, 0.4) is 0 Å². The molecule has 2 aliphatic heterocycles. The van der Waals surface area contributed by atoms with E-state index < -0.39 is 77.8 Å². The third kappa shape index (κ3) is 5.88. The first-order valence-corrected chi connectivity index (χ1v) is 11.8. The van der Waals surface area contributed by atoms with Gasteiger partial charge in [-0.25, -0.2) is 0 Å². The first kappa shape index (κ1) is 30.0. The molecule has 3 nitrogen and oxygen atoms in total. The standard InChI is InChI=1S/C25H20F12N2O/c26-22(27,28)8-11-38-9-6-21(7-10-38)13-39(18-5-4-14(12-17(18)21)23(29,30)31)20(40)19-15(24(32,33)34)2-1-3-16(19)25(35,36)37/h1-5,12H,6-11,13H2. The molecule has 15 heteroatoms. The molecule has 1 amide bonds. The van der Waals surface area contributed by atoms with Crippen LogP contribution in [0.4, 0.5) is 58.4 Å². The Labute approximate surface area is 219 Å². The minimum atomic E-state index is -5.36. The van der Waals surface area contributed by atoms with Crippen LogP contribution in [-0.4, -0.2) is 43.2 Å². The molecule has 0 radical (unpaired) electrons. The van der Waals surface area contributed by atoms with Gasteiger partial charge in [0.1, 0.15) is 0 Å². The summed E-state index contributed by atoms with van der Waals surface area (Å²) in [4.78, 5) is 15.5. The molecule has 0 bridgehead atoms. The first-order chi connectivity index (χ1) is 18.2. The number of benzene rings is 2. The Hall–Kier alpha value is -2.97. The number of carbonyl (C=O) groups is 1. The molecular formula is C25H20F12N2O. The summed E-state index contributed by atoms with van der Waals surface area (Å²) >= 11 is 0. The molecule has 0 aliphatic carbocycles. The van der Waals surface area contributed by atoms with Crippen LogP contribution in [-0.2, 0) is 23.9 Å². The van der Waals surface area contributed by atoms with Crippen molar-refractivity contribution in [3.05, 3.63) is 64.2 Å². The van der Waals surface area contributed by atoms with Gasteiger partial charge in [-0.2, -0.15) is 52.7 Å². The maximum absolute atomic E-state index is 13.7. The average Bonchev–Trinajstić information content (AvgIpc) is 3.14. The monoisotopic (exact) mass is 592 g/mol. The van der Waals surface area contributed by atoms with Crippen molar-refractivity contribution in [3.8, 4) is 0 Å². The second kappa shape index (κ2) is 9.84. The highest BCUT2D eigenvalue weighted by molar-refractivity contribution is 6.10. The Morgan fingerprint density at radius 3 is 1.80 bits per heavy atom. The summed E-state index contributed by atoms with van der Waals surface area (Å²) in [5, 5.41) is 0. The normalized spacial score (nSPS) is 18.4. The van der Waals surface area contributed by atoms with Crippen LogP contribution in [0.25, 0.3) is 0 Å². The number of amides is 1. The van der Waals surface area contributed by atoms with Gasteiger partial charge in [-0.15, -0.1) is 0 Å². The van der Waals surface area contributed by atoms with Crippen LogP contribution in [0.5, 0.6) is 0 Å². The molecule has 2 aromatic carbocycles. The third-order valence-corrected chi connectivity index (χ3v) is 7.31. The number of hydrogen-bond acceptors (Lipinski definition) is 2. The molecule has 0 aromatic heterocycles. The zero-order valence-electron chi connectivity index (χ0n) is 20.3. The Kier molecular flexibility index (Phi) is 7.38. The summed E-state index contributed by atoms with van der Waals surface area (Å²) in [6.45, 7) is -1.02. The average molecular weight is 592 g/mol. The van der Waals surface area contributed by atoms with Gasteiger partial charge in [0.2, 0.25) is 0 Å². The van der Waals surface area contributed by atoms with Crippen molar-refractivity contribution in [2.24, 2.45) is 0 Å². The first-order valence-electron chi connectivity index (χ1n) is 11.8. The molecule has 4 rings (SSSR count).